The van der Waals surface area contributed by atoms with Gasteiger partial charge in [0.15, 0.2) is 0 Å². The van der Waals surface area contributed by atoms with E-state index in [4.69, 9.17) is 101 Å². The lowest BCUT2D eigenvalue weighted by Gasteiger charge is -2.27. The summed E-state index contributed by atoms with van der Waals surface area (Å²) < 4.78 is 0. The van der Waals surface area contributed by atoms with Crippen molar-refractivity contribution < 1.29 is 14.4 Å². The lowest BCUT2D eigenvalue weighted by molar-refractivity contribution is -0.122. The second kappa shape index (κ2) is 37.2. The number of nitrogens with two attached hydrogens (primary N) is 2. The molecule has 6 aromatic heterocycles. The van der Waals surface area contributed by atoms with Gasteiger partial charge in [0.05, 0.1) is 45.2 Å². The van der Waals surface area contributed by atoms with E-state index in [0.29, 0.717) is 80.5 Å². The van der Waals surface area contributed by atoms with Crippen LogP contribution in [0.15, 0.2) is 91.0 Å². The van der Waals surface area contributed by atoms with Crippen molar-refractivity contribution in [2.24, 2.45) is 23.3 Å². The number of pyridine rings is 3. The van der Waals surface area contributed by atoms with Crippen molar-refractivity contribution in [1.29, 1.82) is 0 Å². The van der Waals surface area contributed by atoms with Crippen molar-refractivity contribution in [3.8, 4) is 0 Å². The maximum absolute atomic E-state index is 12.3. The molecule has 5 aliphatic heterocycles. The molecule has 5 unspecified atom stereocenters. The first kappa shape index (κ1) is 76.8. The van der Waals surface area contributed by atoms with Crippen LogP contribution in [0, 0.1) is 11.8 Å². The number of nitrogens with one attached hydrogen (secondary N) is 2. The minimum absolute atomic E-state index is 0.0654. The van der Waals surface area contributed by atoms with E-state index in [9.17, 15) is 14.4 Å². The second-order valence-electron chi connectivity index (χ2n) is 27.5. The van der Waals surface area contributed by atoms with Crippen LogP contribution in [0.25, 0.3) is 31.0 Å². The van der Waals surface area contributed by atoms with Gasteiger partial charge in [-0.3, -0.25) is 29.1 Å². The predicted octanol–water partition coefficient (Wildman–Crippen LogP) is 17.4. The number of likely N-dealkylation sites (tertiary alicyclic amines) is 3. The molecular weight excluding hydrogens is 1480 g/mol. The first-order valence-corrected chi connectivity index (χ1v) is 41.1. The Bertz CT molecular complexity index is 4360. The van der Waals surface area contributed by atoms with Gasteiger partial charge in [0, 0.05) is 102 Å². The molecule has 548 valence electrons. The summed E-state index contributed by atoms with van der Waals surface area (Å²) in [4.78, 5) is 80.1. The molecule has 5 saturated heterocycles. The van der Waals surface area contributed by atoms with Gasteiger partial charge in [-0.25, -0.2) is 29.9 Å². The van der Waals surface area contributed by atoms with Gasteiger partial charge >= 0.3 is 0 Å². The maximum Gasteiger partial charge on any atom is 0.220 e. The molecule has 0 radical (unpaired) electrons. The van der Waals surface area contributed by atoms with Crippen LogP contribution in [0.1, 0.15) is 159 Å². The number of hydrogen-bond acceptors (Lipinski definition) is 18. The number of aryl methyl sites for hydroxylation is 1. The fourth-order valence-corrected chi connectivity index (χ4v) is 18.9. The maximum atomic E-state index is 12.3. The number of fused-ring (bicyclic) bond motifs is 3. The van der Waals surface area contributed by atoms with Gasteiger partial charge in [-0.05, 0) is 225 Å². The van der Waals surface area contributed by atoms with Gasteiger partial charge in [0.25, 0.3) is 0 Å². The highest BCUT2D eigenvalue weighted by Gasteiger charge is 2.31. The number of primary amides is 2. The molecule has 0 spiro atoms. The van der Waals surface area contributed by atoms with Crippen molar-refractivity contribution in [2.75, 3.05) is 94.2 Å². The number of aromatic nitrogens is 6. The van der Waals surface area contributed by atoms with E-state index in [1.807, 2.05) is 61.6 Å². The summed E-state index contributed by atoms with van der Waals surface area (Å²) in [6.07, 6.45) is 19.5. The fourth-order valence-electron chi connectivity index (χ4n) is 15.0. The Morgan fingerprint density at radius 2 is 0.864 bits per heavy atom. The minimum Gasteiger partial charge on any atom is -0.373 e. The number of amides is 3. The standard InChI is InChI=1S/C27H33Cl2N5OS.C26H31Cl2N5OS.C23H27Cl2N5OS/c28-20-9-8-18(16-21(20)29)23-7-5-15-33(23)14-4-6-19(26(30)35)17-25-31-22-10-11-24(32-27(22)36-25)34-12-2-1-3-13-34;27-19-8-7-17(15-20(19)28)22-6-4-14-32(22)13-3-5-18(25(29)34)16-24-30-21-9-10-23(31-26(21)35-24)33-11-1-2-12-33;1-26-20-8-7-18-23(29-20)32-22(28-18)10-9-21(31)27-11-3-13-30-12-2-4-19(30)15-5-6-16(24)17(25)14-15/h8-11,16,19,23H,1-7,12-15,17H2,(H2,30,35);7-10,15,18,22H,1-6,11-14,16H2,(H2,29,34);5-8,14,19H,2-4,9-13H2,1H3,(H,26,29)(H,27,31). The highest BCUT2D eigenvalue weighted by atomic mass is 35.5. The molecule has 11 heterocycles. The van der Waals surface area contributed by atoms with Gasteiger partial charge in [-0.2, -0.15) is 0 Å². The molecule has 9 aromatic rings. The lowest BCUT2D eigenvalue weighted by Crippen LogP contribution is -2.30. The number of nitrogens with zero attached hydrogens (tertiary/aromatic N) is 11. The molecule has 3 aromatic carbocycles. The number of halogens is 6. The van der Waals surface area contributed by atoms with Crippen LogP contribution < -0.4 is 31.9 Å². The number of hydrogen-bond donors (Lipinski definition) is 4. The third-order valence-corrected chi connectivity index (χ3v) is 25.7. The molecule has 103 heavy (non-hydrogen) atoms. The summed E-state index contributed by atoms with van der Waals surface area (Å²) in [7, 11) is 1.84. The van der Waals surface area contributed by atoms with Gasteiger partial charge in [0.2, 0.25) is 17.7 Å². The Balaban J connectivity index is 0.000000146. The lowest BCUT2D eigenvalue weighted by atomic mass is 9.98. The molecule has 0 saturated carbocycles. The van der Waals surface area contributed by atoms with Crippen LogP contribution in [-0.4, -0.2) is 141 Å². The predicted molar refractivity (Wildman–Crippen MR) is 427 cm³/mol. The molecule has 0 aliphatic carbocycles. The highest BCUT2D eigenvalue weighted by Crippen LogP contribution is 2.40. The zero-order valence-electron chi connectivity index (χ0n) is 58.3. The second-order valence-corrected chi connectivity index (χ2v) is 33.1. The van der Waals surface area contributed by atoms with Gasteiger partial charge in [-0.1, -0.05) is 122 Å². The molecule has 3 amide bonds. The molecule has 6 N–H and O–H groups in total. The van der Waals surface area contributed by atoms with Crippen LogP contribution in [-0.2, 0) is 33.6 Å². The third kappa shape index (κ3) is 20.7. The minimum atomic E-state index is -0.252. The van der Waals surface area contributed by atoms with Crippen molar-refractivity contribution in [2.45, 2.75) is 147 Å². The van der Waals surface area contributed by atoms with Gasteiger partial charge in [-0.15, -0.1) is 0 Å². The van der Waals surface area contributed by atoms with Gasteiger partial charge in [0.1, 0.15) is 48.5 Å². The number of rotatable bonds is 27. The number of piperidine rings is 1. The Hall–Kier alpha value is -5.79. The molecular formula is C76H91Cl6N15O3S3. The smallest absolute Gasteiger partial charge is 0.220 e. The molecule has 5 aliphatic rings. The van der Waals surface area contributed by atoms with E-state index in [-0.39, 0.29) is 29.6 Å². The number of benzene rings is 3. The van der Waals surface area contributed by atoms with Crippen molar-refractivity contribution in [1.82, 2.24) is 49.9 Å². The van der Waals surface area contributed by atoms with E-state index in [0.717, 1.165) is 193 Å². The Labute approximate surface area is 645 Å². The summed E-state index contributed by atoms with van der Waals surface area (Å²) >= 11 is 41.7. The Kier molecular flexibility index (Phi) is 27.7. The highest BCUT2D eigenvalue weighted by molar-refractivity contribution is 7.18. The SMILES string of the molecule is CNc1ccc2nc(CCC(=O)NCCCN3CCCC3c3ccc(Cl)c(Cl)c3)sc2n1.NC(=O)C(CCCN1CCCC1c1ccc(Cl)c(Cl)c1)Cc1nc2ccc(N3CCCC3)nc2s1.NC(=O)C(CCCN1CCCC1c1ccc(Cl)c(Cl)c1)Cc1nc2ccc(N3CCCCC3)nc2s1. The first-order chi connectivity index (χ1) is 50.0. The van der Waals surface area contributed by atoms with E-state index in [1.54, 1.807) is 34.0 Å². The largest absolute Gasteiger partial charge is 0.373 e. The normalized spacial score (nSPS) is 18.7. The molecule has 14 rings (SSSR count). The quantitative estimate of drug-likeness (QED) is 0.0352. The summed E-state index contributed by atoms with van der Waals surface area (Å²) in [6, 6.07) is 30.9. The summed E-state index contributed by atoms with van der Waals surface area (Å²) in [5.41, 5.74) is 17.9. The van der Waals surface area contributed by atoms with Crippen LogP contribution >= 0.6 is 104 Å². The zero-order valence-corrected chi connectivity index (χ0v) is 65.2. The van der Waals surface area contributed by atoms with E-state index < -0.39 is 0 Å². The van der Waals surface area contributed by atoms with E-state index in [1.165, 1.54) is 55.2 Å². The van der Waals surface area contributed by atoms with Gasteiger partial charge < -0.3 is 31.9 Å². The topological polar surface area (TPSA) is 221 Å². The average Bonchev–Trinajstić information content (AvgIpc) is 1.70. The number of carbonyl (C=O) groups excluding carboxylic acids is 3. The molecule has 5 fully saturated rings. The van der Waals surface area contributed by atoms with Crippen LogP contribution in [0.2, 0.25) is 30.1 Å². The van der Waals surface area contributed by atoms with Crippen LogP contribution in [0.5, 0.6) is 0 Å². The molecule has 5 atom stereocenters. The van der Waals surface area contributed by atoms with Crippen LogP contribution in [0.4, 0.5) is 17.5 Å². The average molecular weight is 1570 g/mol. The Morgan fingerprint density at radius 3 is 1.29 bits per heavy atom. The van der Waals surface area contributed by atoms with E-state index in [2.05, 4.69) is 81.5 Å². The monoisotopic (exact) mass is 1570 g/mol. The summed E-state index contributed by atoms with van der Waals surface area (Å²) in [5, 5.41) is 12.5. The number of carbonyl (C=O) groups is 3. The molecule has 27 heteroatoms. The molecule has 18 nitrogen and oxygen atoms in total. The van der Waals surface area contributed by atoms with Crippen molar-refractivity contribution in [3.63, 3.8) is 0 Å². The van der Waals surface area contributed by atoms with E-state index >= 15 is 0 Å². The number of anilines is 3. The summed E-state index contributed by atoms with van der Waals surface area (Å²) in [6.45, 7) is 10.9. The third-order valence-electron chi connectivity index (χ3n) is 20.5. The summed E-state index contributed by atoms with van der Waals surface area (Å²) in [5.74, 6) is 2.00. The molecule has 0 bridgehead atoms. The Morgan fingerprint density at radius 1 is 0.466 bits per heavy atom. The van der Waals surface area contributed by atoms with Crippen LogP contribution in [0.3, 0.4) is 0 Å². The zero-order chi connectivity index (χ0) is 71.9. The first-order valence-electron chi connectivity index (χ1n) is 36.4. The van der Waals surface area contributed by atoms with Crippen molar-refractivity contribution >= 4 is 170 Å². The fraction of sp³-hybridized carbons (Fsp3) is 0.487. The van der Waals surface area contributed by atoms with Crippen molar-refractivity contribution in [3.05, 3.63) is 153 Å². The number of thiazole rings is 3.